The summed E-state index contributed by atoms with van der Waals surface area (Å²) in [5, 5.41) is 0. The number of aryl methyl sites for hydroxylation is 1. The minimum absolute atomic E-state index is 0.175. The van der Waals surface area contributed by atoms with Gasteiger partial charge in [-0.25, -0.2) is 0 Å². The highest BCUT2D eigenvalue weighted by molar-refractivity contribution is 5.99. The Bertz CT molecular complexity index is 646. The molecule has 0 spiro atoms. The Morgan fingerprint density at radius 2 is 1.90 bits per heavy atom. The van der Waals surface area contributed by atoms with Gasteiger partial charge in [-0.3, -0.25) is 4.79 Å². The predicted octanol–water partition coefficient (Wildman–Crippen LogP) is 4.39. The number of hydrogen-bond acceptors (Lipinski definition) is 2. The largest absolute Gasteiger partial charge is 0.496 e. The summed E-state index contributed by atoms with van der Waals surface area (Å²) in [6.07, 6.45) is 3.96. The van der Waals surface area contributed by atoms with Crippen molar-refractivity contribution in [3.8, 4) is 5.75 Å². The molecular weight excluding hydrogens is 260 g/mol. The second kappa shape index (κ2) is 6.13. The Hall–Kier alpha value is -2.09. The van der Waals surface area contributed by atoms with E-state index in [1.54, 1.807) is 7.11 Å². The molecule has 108 valence electrons. The van der Waals surface area contributed by atoms with Crippen molar-refractivity contribution in [2.45, 2.75) is 31.6 Å². The van der Waals surface area contributed by atoms with Crippen LogP contribution in [0.15, 0.2) is 48.5 Å². The second-order valence-corrected chi connectivity index (χ2v) is 5.62. The number of hydrogen-bond donors (Lipinski definition) is 0. The molecule has 2 nitrogen and oxygen atoms in total. The van der Waals surface area contributed by atoms with E-state index in [1.807, 2.05) is 24.3 Å². The first kappa shape index (κ1) is 13.9. The lowest BCUT2D eigenvalue weighted by Crippen LogP contribution is -2.14. The number of ether oxygens (including phenoxy) is 1. The summed E-state index contributed by atoms with van der Waals surface area (Å²) in [6, 6.07) is 16.0. The number of Topliss-reactive ketones (excluding diaryl/α,β-unsaturated/α-hetero) is 1. The van der Waals surface area contributed by atoms with E-state index >= 15 is 0 Å². The van der Waals surface area contributed by atoms with Gasteiger partial charge in [0.2, 0.25) is 0 Å². The maximum atomic E-state index is 12.6. The summed E-state index contributed by atoms with van der Waals surface area (Å²) in [6.45, 7) is 0. The van der Waals surface area contributed by atoms with E-state index < -0.39 is 0 Å². The number of carbonyl (C=O) groups excluding carboxylic acids is 1. The number of ketones is 1. The summed E-state index contributed by atoms with van der Waals surface area (Å²) in [5.41, 5.74) is 3.46. The van der Waals surface area contributed by atoms with Gasteiger partial charge in [0.05, 0.1) is 12.7 Å². The van der Waals surface area contributed by atoms with Crippen LogP contribution in [0.25, 0.3) is 0 Å². The van der Waals surface area contributed by atoms with Crippen LogP contribution < -0.4 is 4.74 Å². The molecule has 1 unspecified atom stereocenters. The van der Waals surface area contributed by atoms with E-state index in [-0.39, 0.29) is 5.78 Å². The Labute approximate surface area is 125 Å². The molecule has 0 bridgehead atoms. The van der Waals surface area contributed by atoms with Crippen LogP contribution in [-0.4, -0.2) is 12.9 Å². The van der Waals surface area contributed by atoms with Crippen LogP contribution in [-0.2, 0) is 6.42 Å². The molecule has 3 rings (SSSR count). The highest BCUT2D eigenvalue weighted by atomic mass is 16.5. The van der Waals surface area contributed by atoms with Gasteiger partial charge in [0.1, 0.15) is 5.75 Å². The van der Waals surface area contributed by atoms with Crippen molar-refractivity contribution in [2.24, 2.45) is 0 Å². The summed E-state index contributed by atoms with van der Waals surface area (Å²) in [7, 11) is 1.61. The second-order valence-electron chi connectivity index (χ2n) is 5.62. The first-order chi connectivity index (χ1) is 10.3. The average Bonchev–Trinajstić information content (AvgIpc) is 2.55. The van der Waals surface area contributed by atoms with Gasteiger partial charge in [-0.1, -0.05) is 36.4 Å². The van der Waals surface area contributed by atoms with Gasteiger partial charge in [-0.15, -0.1) is 0 Å². The third-order valence-corrected chi connectivity index (χ3v) is 4.33. The standard InChI is InChI=1S/C19H20O2/c1-21-19-12-5-4-11-17(19)18(20)13-15-9-6-8-14-7-2-3-10-16(14)15/h2-5,7,10-12,15H,6,8-9,13H2,1H3. The van der Waals surface area contributed by atoms with E-state index in [9.17, 15) is 4.79 Å². The smallest absolute Gasteiger partial charge is 0.167 e. The van der Waals surface area contributed by atoms with Crippen LogP contribution in [0.2, 0.25) is 0 Å². The van der Waals surface area contributed by atoms with E-state index in [0.29, 0.717) is 23.7 Å². The Balaban J connectivity index is 1.83. The third-order valence-electron chi connectivity index (χ3n) is 4.33. The van der Waals surface area contributed by atoms with Gasteiger partial charge < -0.3 is 4.74 Å². The van der Waals surface area contributed by atoms with E-state index in [2.05, 4.69) is 24.3 Å². The molecule has 0 heterocycles. The van der Waals surface area contributed by atoms with Gasteiger partial charge in [0, 0.05) is 6.42 Å². The average molecular weight is 280 g/mol. The quantitative estimate of drug-likeness (QED) is 0.776. The number of para-hydroxylation sites is 1. The molecule has 0 saturated carbocycles. The highest BCUT2D eigenvalue weighted by Gasteiger charge is 2.23. The molecule has 1 aliphatic rings. The number of benzene rings is 2. The monoisotopic (exact) mass is 280 g/mol. The van der Waals surface area contributed by atoms with Gasteiger partial charge in [0.15, 0.2) is 5.78 Å². The molecule has 0 aromatic heterocycles. The lowest BCUT2D eigenvalue weighted by molar-refractivity contribution is 0.0968. The molecule has 1 aliphatic carbocycles. The van der Waals surface area contributed by atoms with Crippen LogP contribution in [0.4, 0.5) is 0 Å². The first-order valence-electron chi connectivity index (χ1n) is 7.53. The zero-order chi connectivity index (χ0) is 14.7. The molecular formula is C19H20O2. The van der Waals surface area contributed by atoms with Crippen molar-refractivity contribution >= 4 is 5.78 Å². The topological polar surface area (TPSA) is 26.3 Å². The Kier molecular flexibility index (Phi) is 4.05. The molecule has 1 atom stereocenters. The molecule has 0 fully saturated rings. The molecule has 2 aromatic rings. The Morgan fingerprint density at radius 3 is 2.76 bits per heavy atom. The molecule has 2 heteroatoms. The fourth-order valence-corrected chi connectivity index (χ4v) is 3.28. The summed E-state index contributed by atoms with van der Waals surface area (Å²) >= 11 is 0. The third kappa shape index (κ3) is 2.85. The van der Waals surface area contributed by atoms with Gasteiger partial charge in [0.25, 0.3) is 0 Å². The fraction of sp³-hybridized carbons (Fsp3) is 0.316. The maximum Gasteiger partial charge on any atom is 0.167 e. The molecule has 0 radical (unpaired) electrons. The minimum atomic E-state index is 0.175. The first-order valence-corrected chi connectivity index (χ1v) is 7.53. The lowest BCUT2D eigenvalue weighted by Gasteiger charge is -2.25. The lowest BCUT2D eigenvalue weighted by atomic mass is 9.79. The van der Waals surface area contributed by atoms with Crippen LogP contribution in [0.3, 0.4) is 0 Å². The van der Waals surface area contributed by atoms with E-state index in [4.69, 9.17) is 4.74 Å². The fourth-order valence-electron chi connectivity index (χ4n) is 3.28. The molecule has 21 heavy (non-hydrogen) atoms. The van der Waals surface area contributed by atoms with Crippen molar-refractivity contribution < 1.29 is 9.53 Å². The Morgan fingerprint density at radius 1 is 1.14 bits per heavy atom. The summed E-state index contributed by atoms with van der Waals surface area (Å²) < 4.78 is 5.30. The van der Waals surface area contributed by atoms with Gasteiger partial charge in [-0.2, -0.15) is 0 Å². The molecule has 0 aliphatic heterocycles. The maximum absolute atomic E-state index is 12.6. The summed E-state index contributed by atoms with van der Waals surface area (Å²) in [4.78, 5) is 12.6. The molecule has 0 N–H and O–H groups in total. The zero-order valence-corrected chi connectivity index (χ0v) is 12.3. The summed E-state index contributed by atoms with van der Waals surface area (Å²) in [5.74, 6) is 1.19. The van der Waals surface area contributed by atoms with Crippen molar-refractivity contribution in [1.82, 2.24) is 0 Å². The normalized spacial score (nSPS) is 17.1. The molecule has 2 aromatic carbocycles. The molecule has 0 saturated heterocycles. The van der Waals surface area contributed by atoms with E-state index in [1.165, 1.54) is 17.5 Å². The van der Waals surface area contributed by atoms with Crippen LogP contribution >= 0.6 is 0 Å². The number of fused-ring (bicyclic) bond motifs is 1. The predicted molar refractivity (Wildman–Crippen MR) is 84.1 cm³/mol. The van der Waals surface area contributed by atoms with Gasteiger partial charge >= 0.3 is 0 Å². The van der Waals surface area contributed by atoms with Crippen molar-refractivity contribution in [2.75, 3.05) is 7.11 Å². The zero-order valence-electron chi connectivity index (χ0n) is 12.3. The van der Waals surface area contributed by atoms with Crippen molar-refractivity contribution in [1.29, 1.82) is 0 Å². The SMILES string of the molecule is COc1ccccc1C(=O)CC1CCCc2ccccc21. The van der Waals surface area contributed by atoms with Crippen molar-refractivity contribution in [3.63, 3.8) is 0 Å². The van der Waals surface area contributed by atoms with Crippen LogP contribution in [0.1, 0.15) is 46.7 Å². The highest BCUT2D eigenvalue weighted by Crippen LogP contribution is 2.35. The number of methoxy groups -OCH3 is 1. The van der Waals surface area contributed by atoms with Crippen LogP contribution in [0.5, 0.6) is 5.75 Å². The minimum Gasteiger partial charge on any atom is -0.496 e. The van der Waals surface area contributed by atoms with E-state index in [0.717, 1.165) is 12.8 Å². The van der Waals surface area contributed by atoms with Crippen LogP contribution in [0, 0.1) is 0 Å². The number of rotatable bonds is 4. The van der Waals surface area contributed by atoms with Crippen molar-refractivity contribution in [3.05, 3.63) is 65.2 Å². The molecule has 0 amide bonds. The number of carbonyl (C=O) groups is 1. The van der Waals surface area contributed by atoms with Gasteiger partial charge in [-0.05, 0) is 48.4 Å².